The Bertz CT molecular complexity index is 1680. The summed E-state index contributed by atoms with van der Waals surface area (Å²) >= 11 is 0. The van der Waals surface area contributed by atoms with E-state index in [4.69, 9.17) is 0 Å². The van der Waals surface area contributed by atoms with Crippen molar-refractivity contribution in [2.45, 2.75) is 0 Å². The van der Waals surface area contributed by atoms with Crippen LogP contribution in [0, 0.1) is 0 Å². The molecule has 0 bridgehead atoms. The van der Waals surface area contributed by atoms with E-state index in [9.17, 15) is 0 Å². The minimum Gasteiger partial charge on any atom is -0.396 e. The van der Waals surface area contributed by atoms with Crippen molar-refractivity contribution < 1.29 is 26.2 Å². The van der Waals surface area contributed by atoms with Crippen molar-refractivity contribution in [2.24, 2.45) is 0 Å². The third-order valence-corrected chi connectivity index (χ3v) is 7.03. The second-order valence-corrected chi connectivity index (χ2v) is 9.10. The Morgan fingerprint density at radius 2 is 0.744 bits per heavy atom. The van der Waals surface area contributed by atoms with E-state index in [1.54, 1.807) is 0 Å². The summed E-state index contributed by atoms with van der Waals surface area (Å²) in [4.78, 5) is 0. The van der Waals surface area contributed by atoms with E-state index in [-0.39, 0.29) is 51.0 Å². The van der Waals surface area contributed by atoms with E-state index in [1.165, 1.54) is 54.7 Å². The summed E-state index contributed by atoms with van der Waals surface area (Å²) in [5, 5.41) is 7.76. The summed E-state index contributed by atoms with van der Waals surface area (Å²) < 4.78 is 4.52. The molecule has 0 atom stereocenters. The molecule has 0 saturated heterocycles. The molecule has 190 valence electrons. The molecule has 0 fully saturated rings. The zero-order chi connectivity index (χ0) is 23.9. The molecule has 6 aromatic carbocycles. The Morgan fingerprint density at radius 3 is 1.18 bits per heavy atom. The maximum absolute atomic E-state index is 2.26. The van der Waals surface area contributed by atoms with Crippen LogP contribution in [0.15, 0.2) is 146 Å². The first kappa shape index (κ1) is 28.6. The molecule has 0 unspecified atom stereocenters. The van der Waals surface area contributed by atoms with E-state index in [1.807, 2.05) is 0 Å². The van der Waals surface area contributed by atoms with Crippen LogP contribution in [0.4, 0.5) is 0 Å². The van der Waals surface area contributed by atoms with E-state index < -0.39 is 0 Å². The van der Waals surface area contributed by atoms with Crippen LogP contribution in [0.1, 0.15) is 0 Å². The van der Waals surface area contributed by atoms with Gasteiger partial charge in [-0.05, 0) is 45.6 Å². The van der Waals surface area contributed by atoms with Crippen molar-refractivity contribution >= 4 is 68.2 Å². The van der Waals surface area contributed by atoms with Crippen LogP contribution in [0.25, 0.3) is 54.7 Å². The molecule has 5 heteroatoms. The fraction of sp³-hybridized carbons (Fsp3) is 0. The average Bonchev–Trinajstić information content (AvgIpc) is 3.72. The SMILES string of the molecule is Cl.Cl.[Zr+2].c1ccc2c(c1)cc[c-]2-n1ccc2ccccc21.c1ccc2c(c1)cc[c-]2-n1ccc2ccccc21. The van der Waals surface area contributed by atoms with E-state index in [0.29, 0.717) is 0 Å². The number of hydrogen-bond donors (Lipinski definition) is 0. The summed E-state index contributed by atoms with van der Waals surface area (Å²) in [7, 11) is 0. The van der Waals surface area contributed by atoms with Gasteiger partial charge in [0.15, 0.2) is 0 Å². The molecule has 2 aromatic heterocycles. The van der Waals surface area contributed by atoms with Crippen LogP contribution in [-0.2, 0) is 26.2 Å². The van der Waals surface area contributed by atoms with E-state index >= 15 is 0 Å². The van der Waals surface area contributed by atoms with Crippen molar-refractivity contribution in [1.29, 1.82) is 0 Å². The van der Waals surface area contributed by atoms with Crippen molar-refractivity contribution in [3.05, 3.63) is 146 Å². The van der Waals surface area contributed by atoms with Gasteiger partial charge in [0.1, 0.15) is 0 Å². The second kappa shape index (κ2) is 12.2. The molecule has 39 heavy (non-hydrogen) atoms. The third kappa shape index (κ3) is 5.15. The molecule has 0 saturated carbocycles. The number of para-hydroxylation sites is 2. The Balaban J connectivity index is 0.000000168. The predicted molar refractivity (Wildman–Crippen MR) is 167 cm³/mol. The molecule has 0 N–H and O–H groups in total. The standard InChI is InChI=1S/2C17H12N.2ClH.Zr/c2*1-3-7-15-13(5-1)9-10-17(15)18-12-11-14-6-2-4-8-16(14)18;;;/h2*1-12H;2*1H;/q2*-1;;;+2. The van der Waals surface area contributed by atoms with Gasteiger partial charge in [0.25, 0.3) is 0 Å². The maximum atomic E-state index is 2.26. The van der Waals surface area contributed by atoms with Crippen molar-refractivity contribution in [1.82, 2.24) is 9.13 Å². The minimum absolute atomic E-state index is 0. The first-order valence-electron chi connectivity index (χ1n) is 12.3. The quantitative estimate of drug-likeness (QED) is 0.170. The molecular weight excluding hydrogens is 599 g/mol. The zero-order valence-electron chi connectivity index (χ0n) is 21.1. The third-order valence-electron chi connectivity index (χ3n) is 7.03. The van der Waals surface area contributed by atoms with Crippen LogP contribution >= 0.6 is 24.8 Å². The normalized spacial score (nSPS) is 10.5. The topological polar surface area (TPSA) is 9.86 Å². The van der Waals surface area contributed by atoms with Crippen LogP contribution in [0.5, 0.6) is 0 Å². The van der Waals surface area contributed by atoms with Gasteiger partial charge in [-0.25, -0.2) is 0 Å². The molecule has 2 nitrogen and oxygen atoms in total. The van der Waals surface area contributed by atoms with Gasteiger partial charge >= 0.3 is 26.2 Å². The van der Waals surface area contributed by atoms with Gasteiger partial charge in [0.2, 0.25) is 0 Å². The number of fused-ring (bicyclic) bond motifs is 4. The van der Waals surface area contributed by atoms with Crippen molar-refractivity contribution in [3.8, 4) is 11.4 Å². The smallest absolute Gasteiger partial charge is 0.396 e. The summed E-state index contributed by atoms with van der Waals surface area (Å²) in [6, 6.07) is 47.1. The minimum atomic E-state index is 0. The van der Waals surface area contributed by atoms with Gasteiger partial charge in [-0.1, -0.05) is 131 Å². The fourth-order valence-corrected chi connectivity index (χ4v) is 5.27. The van der Waals surface area contributed by atoms with Crippen LogP contribution in [0.3, 0.4) is 0 Å². The van der Waals surface area contributed by atoms with Gasteiger partial charge in [-0.2, -0.15) is 0 Å². The summed E-state index contributed by atoms with van der Waals surface area (Å²) in [6.07, 6.45) is 4.29. The first-order chi connectivity index (χ1) is 17.9. The Labute approximate surface area is 259 Å². The molecule has 0 radical (unpaired) electrons. The van der Waals surface area contributed by atoms with Gasteiger partial charge in [0.05, 0.1) is 0 Å². The molecular formula is C34H26Cl2N2Zr. The molecule has 8 aromatic rings. The zero-order valence-corrected chi connectivity index (χ0v) is 25.2. The fourth-order valence-electron chi connectivity index (χ4n) is 5.27. The number of rotatable bonds is 2. The first-order valence-corrected chi connectivity index (χ1v) is 12.3. The van der Waals surface area contributed by atoms with E-state index in [2.05, 4.69) is 155 Å². The van der Waals surface area contributed by atoms with Gasteiger partial charge in [-0.3, -0.25) is 0 Å². The average molecular weight is 625 g/mol. The molecule has 2 heterocycles. The number of halogens is 2. The molecule has 0 aliphatic rings. The van der Waals surface area contributed by atoms with Crippen LogP contribution in [0.2, 0.25) is 0 Å². The molecule has 0 amide bonds. The number of aromatic nitrogens is 2. The molecule has 0 aliphatic carbocycles. The van der Waals surface area contributed by atoms with Gasteiger partial charge < -0.3 is 9.13 Å². The number of benzene rings is 4. The van der Waals surface area contributed by atoms with Crippen molar-refractivity contribution in [3.63, 3.8) is 0 Å². The Kier molecular flexibility index (Phi) is 8.98. The largest absolute Gasteiger partial charge is 2.00 e. The van der Waals surface area contributed by atoms with Gasteiger partial charge in [-0.15, -0.1) is 49.1 Å². The molecule has 0 spiro atoms. The predicted octanol–water partition coefficient (Wildman–Crippen LogP) is 9.85. The second-order valence-electron chi connectivity index (χ2n) is 9.10. The summed E-state index contributed by atoms with van der Waals surface area (Å²) in [5.74, 6) is 0. The van der Waals surface area contributed by atoms with Crippen LogP contribution in [-0.4, -0.2) is 9.13 Å². The number of nitrogens with zero attached hydrogens (tertiary/aromatic N) is 2. The Morgan fingerprint density at radius 1 is 0.385 bits per heavy atom. The summed E-state index contributed by atoms with van der Waals surface area (Å²) in [6.45, 7) is 0. The van der Waals surface area contributed by atoms with Crippen LogP contribution < -0.4 is 0 Å². The van der Waals surface area contributed by atoms with Gasteiger partial charge in [0, 0.05) is 0 Å². The molecule has 8 rings (SSSR count). The summed E-state index contributed by atoms with van der Waals surface area (Å²) in [5.41, 5.74) is 5.03. The number of hydrogen-bond acceptors (Lipinski definition) is 0. The monoisotopic (exact) mass is 622 g/mol. The molecule has 0 aliphatic heterocycles. The van der Waals surface area contributed by atoms with Crippen molar-refractivity contribution in [2.75, 3.05) is 0 Å². The van der Waals surface area contributed by atoms with E-state index in [0.717, 1.165) is 0 Å². The Hall–Kier alpha value is -3.36. The maximum Gasteiger partial charge on any atom is 2.00 e.